The molecule has 1 aromatic heterocycles. The maximum Gasteiger partial charge on any atom is 0.0341 e. The van der Waals surface area contributed by atoms with Crippen molar-refractivity contribution in [2.75, 3.05) is 0 Å². The molecule has 0 N–H and O–H groups in total. The molecule has 0 unspecified atom stereocenters. The van der Waals surface area contributed by atoms with Gasteiger partial charge in [0.25, 0.3) is 0 Å². The Balaban J connectivity index is 2.64. The highest BCUT2D eigenvalue weighted by Crippen LogP contribution is 1.90. The Morgan fingerprint density at radius 2 is 2.09 bits per heavy atom. The molecule has 0 spiro atoms. The molecule has 2 heteroatoms. The summed E-state index contributed by atoms with van der Waals surface area (Å²) in [6.45, 7) is 1.93. The summed E-state index contributed by atoms with van der Waals surface area (Å²) < 4.78 is 0. The van der Waals surface area contributed by atoms with Gasteiger partial charge in [-0.25, -0.2) is 0 Å². The zero-order valence-corrected chi connectivity index (χ0v) is 6.44. The van der Waals surface area contributed by atoms with Gasteiger partial charge in [-0.1, -0.05) is 6.08 Å². The van der Waals surface area contributed by atoms with E-state index in [2.05, 4.69) is 9.98 Å². The van der Waals surface area contributed by atoms with Gasteiger partial charge in [-0.05, 0) is 24.6 Å². The van der Waals surface area contributed by atoms with Crippen LogP contribution < -0.4 is 0 Å². The molecular weight excluding hydrogens is 136 g/mol. The minimum Gasteiger partial charge on any atom is -0.265 e. The van der Waals surface area contributed by atoms with Crippen molar-refractivity contribution in [3.05, 3.63) is 42.4 Å². The molecule has 0 aliphatic carbocycles. The minimum absolute atomic E-state index is 1.07. The van der Waals surface area contributed by atoms with Crippen LogP contribution in [0.4, 0.5) is 0 Å². The molecule has 0 saturated carbocycles. The van der Waals surface area contributed by atoms with Crippen molar-refractivity contribution in [1.29, 1.82) is 0 Å². The second-order valence-corrected chi connectivity index (χ2v) is 2.04. The van der Waals surface area contributed by atoms with Crippen LogP contribution in [0.5, 0.6) is 0 Å². The van der Waals surface area contributed by atoms with Gasteiger partial charge in [-0.2, -0.15) is 0 Å². The average molecular weight is 146 g/mol. The molecule has 0 atom stereocenters. The summed E-state index contributed by atoms with van der Waals surface area (Å²) in [6.07, 6.45) is 8.92. The van der Waals surface area contributed by atoms with Gasteiger partial charge >= 0.3 is 0 Å². The van der Waals surface area contributed by atoms with E-state index in [1.54, 1.807) is 24.8 Å². The average Bonchev–Trinajstić information content (AvgIpc) is 2.07. The number of allylic oxidation sites excluding steroid dienone is 1. The van der Waals surface area contributed by atoms with Crippen LogP contribution in [0.2, 0.25) is 0 Å². The summed E-state index contributed by atoms with van der Waals surface area (Å²) in [7, 11) is 0. The molecule has 1 aromatic rings. The Kier molecular flexibility index (Phi) is 3.06. The quantitative estimate of drug-likeness (QED) is 0.586. The van der Waals surface area contributed by atoms with E-state index in [1.165, 1.54) is 0 Å². The van der Waals surface area contributed by atoms with Gasteiger partial charge in [0.1, 0.15) is 0 Å². The molecule has 56 valence electrons. The van der Waals surface area contributed by atoms with E-state index in [4.69, 9.17) is 0 Å². The topological polar surface area (TPSA) is 25.2 Å². The molecule has 0 fully saturated rings. The van der Waals surface area contributed by atoms with E-state index < -0.39 is 0 Å². The molecule has 0 bridgehead atoms. The summed E-state index contributed by atoms with van der Waals surface area (Å²) >= 11 is 0. The number of pyridine rings is 1. The predicted octanol–water partition coefficient (Wildman–Crippen LogP) is 2.03. The smallest absolute Gasteiger partial charge is 0.0341 e. The Morgan fingerprint density at radius 1 is 1.36 bits per heavy atom. The van der Waals surface area contributed by atoms with E-state index in [-0.39, 0.29) is 0 Å². The zero-order chi connectivity index (χ0) is 7.94. The third-order valence-corrected chi connectivity index (χ3v) is 1.16. The molecule has 11 heavy (non-hydrogen) atoms. The van der Waals surface area contributed by atoms with Crippen LogP contribution in [0.1, 0.15) is 12.5 Å². The Morgan fingerprint density at radius 3 is 2.73 bits per heavy atom. The third kappa shape index (κ3) is 2.76. The maximum atomic E-state index is 4.03. The van der Waals surface area contributed by atoms with Crippen molar-refractivity contribution < 1.29 is 0 Å². The van der Waals surface area contributed by atoms with Crippen LogP contribution >= 0.6 is 0 Å². The number of rotatable bonds is 2. The molecular formula is C9H10N2. The summed E-state index contributed by atoms with van der Waals surface area (Å²) in [4.78, 5) is 7.92. The summed E-state index contributed by atoms with van der Waals surface area (Å²) in [5, 5.41) is 0. The fourth-order valence-corrected chi connectivity index (χ4v) is 0.665. The fraction of sp³-hybridized carbons (Fsp3) is 0.111. The fourth-order valence-electron chi connectivity index (χ4n) is 0.665. The van der Waals surface area contributed by atoms with Crippen molar-refractivity contribution in [3.63, 3.8) is 0 Å². The van der Waals surface area contributed by atoms with Crippen molar-refractivity contribution in [3.8, 4) is 0 Å². The summed E-state index contributed by atoms with van der Waals surface area (Å²) in [5.74, 6) is 0. The second-order valence-electron chi connectivity index (χ2n) is 2.04. The molecule has 0 aliphatic heterocycles. The van der Waals surface area contributed by atoms with E-state index in [0.29, 0.717) is 0 Å². The molecule has 0 amide bonds. The minimum atomic E-state index is 1.07. The molecule has 0 aliphatic rings. The van der Waals surface area contributed by atoms with Gasteiger partial charge in [-0.15, -0.1) is 0 Å². The largest absolute Gasteiger partial charge is 0.265 e. The molecule has 0 saturated heterocycles. The first-order chi connectivity index (χ1) is 5.43. The van der Waals surface area contributed by atoms with E-state index >= 15 is 0 Å². The van der Waals surface area contributed by atoms with Crippen molar-refractivity contribution >= 4 is 6.21 Å². The standard InChI is InChI=1S/C9H10N2/c1-2-5-11-8-9-3-6-10-7-4-9/h2-8H,1H3/b5-2-,11-8?. The van der Waals surface area contributed by atoms with Crippen LogP contribution in [0.25, 0.3) is 0 Å². The molecule has 0 aromatic carbocycles. The molecule has 0 radical (unpaired) electrons. The predicted molar refractivity (Wildman–Crippen MR) is 46.6 cm³/mol. The van der Waals surface area contributed by atoms with Gasteiger partial charge in [0.05, 0.1) is 0 Å². The van der Waals surface area contributed by atoms with Gasteiger partial charge in [0.15, 0.2) is 0 Å². The number of hydrogen-bond donors (Lipinski definition) is 0. The van der Waals surface area contributed by atoms with Crippen LogP contribution in [0, 0.1) is 0 Å². The van der Waals surface area contributed by atoms with E-state index in [1.807, 2.05) is 25.1 Å². The van der Waals surface area contributed by atoms with Crippen LogP contribution in [0.3, 0.4) is 0 Å². The SMILES string of the molecule is C/C=C\N=Cc1ccncc1. The lowest BCUT2D eigenvalue weighted by atomic mass is 10.3. The van der Waals surface area contributed by atoms with Gasteiger partial charge in [-0.3, -0.25) is 9.98 Å². The van der Waals surface area contributed by atoms with Gasteiger partial charge in [0, 0.05) is 24.8 Å². The van der Waals surface area contributed by atoms with Crippen molar-refractivity contribution in [2.45, 2.75) is 6.92 Å². The van der Waals surface area contributed by atoms with Crippen molar-refractivity contribution in [2.24, 2.45) is 4.99 Å². The highest BCUT2D eigenvalue weighted by Gasteiger charge is 1.80. The second kappa shape index (κ2) is 4.39. The lowest BCUT2D eigenvalue weighted by Gasteiger charge is -1.86. The first kappa shape index (κ1) is 7.66. The first-order valence-corrected chi connectivity index (χ1v) is 3.48. The van der Waals surface area contributed by atoms with Gasteiger partial charge < -0.3 is 0 Å². The number of aromatic nitrogens is 1. The van der Waals surface area contributed by atoms with Crippen LogP contribution in [-0.2, 0) is 0 Å². The monoisotopic (exact) mass is 146 g/mol. The van der Waals surface area contributed by atoms with Gasteiger partial charge in [0.2, 0.25) is 0 Å². The number of hydrogen-bond acceptors (Lipinski definition) is 2. The third-order valence-electron chi connectivity index (χ3n) is 1.16. The lowest BCUT2D eigenvalue weighted by Crippen LogP contribution is -1.78. The van der Waals surface area contributed by atoms with E-state index in [0.717, 1.165) is 5.56 Å². The van der Waals surface area contributed by atoms with Crippen molar-refractivity contribution in [1.82, 2.24) is 4.98 Å². The zero-order valence-electron chi connectivity index (χ0n) is 6.44. The summed E-state index contributed by atoms with van der Waals surface area (Å²) in [6, 6.07) is 3.82. The highest BCUT2D eigenvalue weighted by atomic mass is 14.7. The Labute approximate surface area is 66.3 Å². The Hall–Kier alpha value is -1.44. The normalized spacial score (nSPS) is 11.4. The number of nitrogens with zero attached hydrogens (tertiary/aromatic N) is 2. The number of aliphatic imine (C=N–C) groups is 1. The van der Waals surface area contributed by atoms with E-state index in [9.17, 15) is 0 Å². The molecule has 1 heterocycles. The van der Waals surface area contributed by atoms with Crippen LogP contribution in [-0.4, -0.2) is 11.2 Å². The Bertz CT molecular complexity index is 250. The summed E-state index contributed by atoms with van der Waals surface area (Å²) in [5.41, 5.74) is 1.07. The molecule has 2 nitrogen and oxygen atoms in total. The lowest BCUT2D eigenvalue weighted by molar-refractivity contribution is 1.32. The maximum absolute atomic E-state index is 4.03. The molecule has 1 rings (SSSR count). The first-order valence-electron chi connectivity index (χ1n) is 3.48. The highest BCUT2D eigenvalue weighted by molar-refractivity contribution is 5.79. The van der Waals surface area contributed by atoms with Crippen LogP contribution in [0.15, 0.2) is 41.8 Å².